The van der Waals surface area contributed by atoms with Crippen molar-refractivity contribution < 1.29 is 22.9 Å². The Bertz CT molecular complexity index is 1170. The summed E-state index contributed by atoms with van der Waals surface area (Å²) in [5.74, 6) is -0.456. The number of sulfonamides is 1. The van der Waals surface area contributed by atoms with Crippen LogP contribution in [0.3, 0.4) is 0 Å². The zero-order chi connectivity index (χ0) is 23.6. The second-order valence-corrected chi connectivity index (χ2v) is 10.1. The molecule has 2 aromatic rings. The van der Waals surface area contributed by atoms with Crippen molar-refractivity contribution in [1.82, 2.24) is 9.21 Å². The lowest BCUT2D eigenvalue weighted by atomic mass is 9.89. The summed E-state index contributed by atoms with van der Waals surface area (Å²) in [6, 6.07) is 12.4. The van der Waals surface area contributed by atoms with E-state index in [1.807, 2.05) is 24.3 Å². The minimum Gasteiger partial charge on any atom is -0.340 e. The number of nitro groups is 1. The molecule has 1 unspecified atom stereocenters. The number of carbonyl (C=O) groups excluding carboxylic acids is 2. The maximum Gasteiger partial charge on any atom is 0.269 e. The van der Waals surface area contributed by atoms with Crippen molar-refractivity contribution in [3.8, 4) is 0 Å². The van der Waals surface area contributed by atoms with Crippen LogP contribution in [0, 0.1) is 16.0 Å². The van der Waals surface area contributed by atoms with Gasteiger partial charge in [0, 0.05) is 56.3 Å². The van der Waals surface area contributed by atoms with Gasteiger partial charge in [-0.1, -0.05) is 18.2 Å². The lowest BCUT2D eigenvalue weighted by Gasteiger charge is -2.34. The summed E-state index contributed by atoms with van der Waals surface area (Å²) in [7, 11) is -3.80. The molecule has 33 heavy (non-hydrogen) atoms. The number of rotatable bonds is 6. The number of nitrogens with zero attached hydrogens (tertiary/aromatic N) is 3. The van der Waals surface area contributed by atoms with Crippen molar-refractivity contribution in [1.29, 1.82) is 0 Å². The van der Waals surface area contributed by atoms with Gasteiger partial charge in [-0.15, -0.1) is 0 Å². The van der Waals surface area contributed by atoms with E-state index in [1.165, 1.54) is 16.4 Å². The Labute approximate surface area is 191 Å². The third-order valence-corrected chi connectivity index (χ3v) is 8.01. The summed E-state index contributed by atoms with van der Waals surface area (Å²) >= 11 is 0. The lowest BCUT2D eigenvalue weighted by Crippen LogP contribution is -2.50. The quantitative estimate of drug-likeness (QED) is 0.506. The van der Waals surface area contributed by atoms with Crippen molar-refractivity contribution in [2.75, 3.05) is 31.5 Å². The third-order valence-electron chi connectivity index (χ3n) is 6.10. The number of amides is 2. The molecule has 2 amide bonds. The minimum absolute atomic E-state index is 0.0172. The molecule has 1 atom stereocenters. The van der Waals surface area contributed by atoms with Gasteiger partial charge in [0.1, 0.15) is 0 Å². The van der Waals surface area contributed by atoms with E-state index in [4.69, 9.17) is 0 Å². The van der Waals surface area contributed by atoms with E-state index >= 15 is 0 Å². The molecule has 10 nitrogen and oxygen atoms in total. The Morgan fingerprint density at radius 3 is 2.39 bits per heavy atom. The highest BCUT2D eigenvalue weighted by molar-refractivity contribution is 7.89. The minimum atomic E-state index is -3.80. The maximum atomic E-state index is 12.8. The Balaban J connectivity index is 1.30. The van der Waals surface area contributed by atoms with Crippen LogP contribution in [0.2, 0.25) is 0 Å². The van der Waals surface area contributed by atoms with Gasteiger partial charge in [0.05, 0.1) is 9.82 Å². The highest BCUT2D eigenvalue weighted by Gasteiger charge is 2.31. The number of hydrogen-bond donors (Lipinski definition) is 1. The van der Waals surface area contributed by atoms with E-state index < -0.39 is 14.9 Å². The maximum absolute atomic E-state index is 12.8. The molecular weight excluding hydrogens is 448 g/mol. The fourth-order valence-corrected chi connectivity index (χ4v) is 5.59. The standard InChI is InChI=1S/C22H24N4O6S/c27-21(10-5-17-15-16-3-1-2-4-20(16)23-22(17)28)24-11-13-25(14-12-24)33(31,32)19-8-6-18(7-9-19)26(29)30/h1-4,6-9,17H,5,10-15H2,(H,23,28). The first-order chi connectivity index (χ1) is 15.8. The van der Waals surface area contributed by atoms with Crippen LogP contribution in [0.5, 0.6) is 0 Å². The first kappa shape index (κ1) is 22.9. The van der Waals surface area contributed by atoms with E-state index in [0.717, 1.165) is 23.4 Å². The number of fused-ring (bicyclic) bond motifs is 1. The number of non-ortho nitro benzene ring substituents is 1. The van der Waals surface area contributed by atoms with Crippen molar-refractivity contribution >= 4 is 33.2 Å². The average molecular weight is 473 g/mol. The third kappa shape index (κ3) is 4.88. The van der Waals surface area contributed by atoms with Crippen LogP contribution >= 0.6 is 0 Å². The lowest BCUT2D eigenvalue weighted by molar-refractivity contribution is -0.384. The Morgan fingerprint density at radius 1 is 1.06 bits per heavy atom. The summed E-state index contributed by atoms with van der Waals surface area (Å²) in [5.41, 5.74) is 1.69. The van der Waals surface area contributed by atoms with Gasteiger partial charge in [-0.05, 0) is 36.6 Å². The highest BCUT2D eigenvalue weighted by Crippen LogP contribution is 2.28. The molecule has 1 fully saturated rings. The van der Waals surface area contributed by atoms with Crippen molar-refractivity contribution in [3.63, 3.8) is 0 Å². The molecule has 0 bridgehead atoms. The molecule has 0 saturated carbocycles. The molecule has 0 aliphatic carbocycles. The van der Waals surface area contributed by atoms with Crippen LogP contribution in [0.4, 0.5) is 11.4 Å². The molecular formula is C22H24N4O6S. The number of nitrogens with one attached hydrogen (secondary N) is 1. The molecule has 4 rings (SSSR count). The number of anilines is 1. The van der Waals surface area contributed by atoms with Crippen LogP contribution in [0.15, 0.2) is 53.4 Å². The van der Waals surface area contributed by atoms with Gasteiger partial charge in [0.25, 0.3) is 5.69 Å². The first-order valence-corrected chi connectivity index (χ1v) is 12.1. The van der Waals surface area contributed by atoms with Gasteiger partial charge < -0.3 is 10.2 Å². The second-order valence-electron chi connectivity index (χ2n) is 8.12. The highest BCUT2D eigenvalue weighted by atomic mass is 32.2. The van der Waals surface area contributed by atoms with Crippen molar-refractivity contribution in [3.05, 3.63) is 64.2 Å². The number of hydrogen-bond acceptors (Lipinski definition) is 6. The summed E-state index contributed by atoms with van der Waals surface area (Å²) in [4.78, 5) is 36.8. The zero-order valence-electron chi connectivity index (χ0n) is 17.8. The Morgan fingerprint density at radius 2 is 1.73 bits per heavy atom. The summed E-state index contributed by atoms with van der Waals surface area (Å²) in [5, 5.41) is 13.7. The molecule has 1 saturated heterocycles. The fraction of sp³-hybridized carbons (Fsp3) is 0.364. The SMILES string of the molecule is O=C1Nc2ccccc2CC1CCC(=O)N1CCN(S(=O)(=O)c2ccc([N+](=O)[O-])cc2)CC1. The summed E-state index contributed by atoms with van der Waals surface area (Å²) in [6.45, 7) is 0.792. The van der Waals surface area contributed by atoms with Gasteiger partial charge in [0.2, 0.25) is 21.8 Å². The fourth-order valence-electron chi connectivity index (χ4n) is 4.17. The molecule has 2 heterocycles. The normalized spacial score (nSPS) is 19.0. The van der Waals surface area contributed by atoms with E-state index in [9.17, 15) is 28.1 Å². The monoisotopic (exact) mass is 472 g/mol. The average Bonchev–Trinajstić information content (AvgIpc) is 2.82. The topological polar surface area (TPSA) is 130 Å². The van der Waals surface area contributed by atoms with E-state index in [-0.39, 0.29) is 60.9 Å². The largest absolute Gasteiger partial charge is 0.340 e. The van der Waals surface area contributed by atoms with Crippen LogP contribution in [0.25, 0.3) is 0 Å². The number of carbonyl (C=O) groups is 2. The van der Waals surface area contributed by atoms with Crippen LogP contribution < -0.4 is 5.32 Å². The van der Waals surface area contributed by atoms with Gasteiger partial charge in [-0.3, -0.25) is 19.7 Å². The number of nitro benzene ring substituents is 1. The van der Waals surface area contributed by atoms with Crippen molar-refractivity contribution in [2.24, 2.45) is 5.92 Å². The number of benzene rings is 2. The van der Waals surface area contributed by atoms with Crippen LogP contribution in [-0.4, -0.2) is 60.5 Å². The van der Waals surface area contributed by atoms with Crippen LogP contribution in [0.1, 0.15) is 18.4 Å². The van der Waals surface area contributed by atoms with E-state index in [1.54, 1.807) is 4.90 Å². The summed E-state index contributed by atoms with van der Waals surface area (Å²) < 4.78 is 26.9. The molecule has 2 aromatic carbocycles. The predicted molar refractivity (Wildman–Crippen MR) is 120 cm³/mol. The number of para-hydroxylation sites is 1. The van der Waals surface area contributed by atoms with E-state index in [0.29, 0.717) is 12.8 Å². The second kappa shape index (κ2) is 9.28. The Hall–Kier alpha value is -3.31. The molecule has 0 spiro atoms. The molecule has 174 valence electrons. The molecule has 0 aromatic heterocycles. The van der Waals surface area contributed by atoms with Gasteiger partial charge >= 0.3 is 0 Å². The first-order valence-electron chi connectivity index (χ1n) is 10.7. The molecule has 11 heteroatoms. The van der Waals surface area contributed by atoms with E-state index in [2.05, 4.69) is 5.32 Å². The van der Waals surface area contributed by atoms with Crippen LogP contribution in [-0.2, 0) is 26.0 Å². The molecule has 2 aliphatic rings. The van der Waals surface area contributed by atoms with Gasteiger partial charge in [0.15, 0.2) is 0 Å². The summed E-state index contributed by atoms with van der Waals surface area (Å²) in [6.07, 6.45) is 1.24. The number of piperazine rings is 1. The molecule has 2 aliphatic heterocycles. The predicted octanol–water partition coefficient (Wildman–Crippen LogP) is 2.02. The smallest absolute Gasteiger partial charge is 0.269 e. The zero-order valence-corrected chi connectivity index (χ0v) is 18.7. The van der Waals surface area contributed by atoms with Gasteiger partial charge in [-0.25, -0.2) is 8.42 Å². The molecule has 1 N–H and O–H groups in total. The Kier molecular flexibility index (Phi) is 6.43. The van der Waals surface area contributed by atoms with Crippen molar-refractivity contribution in [2.45, 2.75) is 24.2 Å². The van der Waals surface area contributed by atoms with Gasteiger partial charge in [-0.2, -0.15) is 4.31 Å². The molecule has 0 radical (unpaired) electrons.